The van der Waals surface area contributed by atoms with Gasteiger partial charge >= 0.3 is 0 Å². The molecule has 6 nitrogen and oxygen atoms in total. The van der Waals surface area contributed by atoms with Crippen LogP contribution < -0.4 is 0 Å². The number of hydrogen-bond acceptors (Lipinski definition) is 2. The molecule has 0 aliphatic rings. The molecule has 8 rings (SSSR count). The average Bonchev–Trinajstić information content (AvgIpc) is 3.79. The molecule has 208 valence electrons. The van der Waals surface area contributed by atoms with Gasteiger partial charge in [-0.05, 0) is 71.1 Å². The molecular weight excluding hydrogens is 532 g/mol. The number of aromatic amines is 4. The first kappa shape index (κ1) is 25.1. The predicted octanol–water partition coefficient (Wildman–Crippen LogP) is 8.39. The summed E-state index contributed by atoms with van der Waals surface area (Å²) in [5.41, 5.74) is 12.9. The number of carbonyl (C=O) groups is 2. The molecule has 0 bridgehead atoms. The first-order valence-corrected chi connectivity index (χ1v) is 14.4. The molecule has 4 heterocycles. The van der Waals surface area contributed by atoms with Gasteiger partial charge in [-0.25, -0.2) is 0 Å². The third-order valence-corrected chi connectivity index (χ3v) is 8.74. The normalized spacial score (nSPS) is 11.7. The fourth-order valence-electron chi connectivity index (χ4n) is 6.55. The Labute approximate surface area is 246 Å². The van der Waals surface area contributed by atoms with Crippen LogP contribution in [-0.2, 0) is 12.8 Å². The van der Waals surface area contributed by atoms with E-state index in [0.717, 1.165) is 84.4 Å². The number of aldehydes is 2. The van der Waals surface area contributed by atoms with Gasteiger partial charge in [0.15, 0.2) is 12.6 Å². The Morgan fingerprint density at radius 1 is 0.558 bits per heavy atom. The maximum atomic E-state index is 12.4. The predicted molar refractivity (Wildman–Crippen MR) is 173 cm³/mol. The average molecular weight is 561 g/mol. The molecule has 8 aromatic rings. The van der Waals surface area contributed by atoms with Gasteiger partial charge in [0.1, 0.15) is 0 Å². The summed E-state index contributed by atoms with van der Waals surface area (Å²) in [6.07, 6.45) is 7.21. The molecule has 6 heteroatoms. The van der Waals surface area contributed by atoms with Crippen LogP contribution in [0.15, 0.2) is 91.3 Å². The Morgan fingerprint density at radius 3 is 1.91 bits per heavy atom. The third-order valence-electron chi connectivity index (χ3n) is 8.74. The minimum atomic E-state index is 0.606. The van der Waals surface area contributed by atoms with E-state index in [-0.39, 0.29) is 0 Å². The van der Waals surface area contributed by atoms with E-state index in [1.165, 1.54) is 10.9 Å². The van der Waals surface area contributed by atoms with Crippen LogP contribution >= 0.6 is 0 Å². The van der Waals surface area contributed by atoms with Crippen molar-refractivity contribution >= 4 is 56.2 Å². The quantitative estimate of drug-likeness (QED) is 0.147. The summed E-state index contributed by atoms with van der Waals surface area (Å²) in [6, 6.07) is 26.9. The summed E-state index contributed by atoms with van der Waals surface area (Å²) in [6.45, 7) is 2.08. The molecule has 4 aromatic heterocycles. The SMILES string of the molecule is Cc1ccc2c(Cc3[nH]c4ccc(-c5ccc6[nH]cc(Cc7[nH]c8ccccc8c7C=O)c6c5)cc4c3C=O)c[nH]c2c1. The zero-order chi connectivity index (χ0) is 29.1. The first-order chi connectivity index (χ1) is 21.1. The monoisotopic (exact) mass is 560 g/mol. The molecule has 0 aliphatic heterocycles. The van der Waals surface area contributed by atoms with Gasteiger partial charge in [-0.1, -0.05) is 42.5 Å². The largest absolute Gasteiger partial charge is 0.361 e. The molecule has 0 radical (unpaired) electrons. The molecule has 0 atom stereocenters. The number of aryl methyl sites for hydroxylation is 1. The van der Waals surface area contributed by atoms with Crippen LogP contribution in [0.4, 0.5) is 0 Å². The Balaban J connectivity index is 1.16. The minimum Gasteiger partial charge on any atom is -0.361 e. The lowest BCUT2D eigenvalue weighted by molar-refractivity contribution is 0.111. The third kappa shape index (κ3) is 4.10. The van der Waals surface area contributed by atoms with Crippen LogP contribution in [0.5, 0.6) is 0 Å². The fraction of sp³-hybridized carbons (Fsp3) is 0.0811. The smallest absolute Gasteiger partial charge is 0.152 e. The van der Waals surface area contributed by atoms with Crippen LogP contribution in [0.2, 0.25) is 0 Å². The van der Waals surface area contributed by atoms with Gasteiger partial charge in [0.25, 0.3) is 0 Å². The topological polar surface area (TPSA) is 97.3 Å². The standard InChI is InChI=1S/C37H28N4O2/c1-21-6-9-26-24(17-39-35(26)12-21)15-37-31(20-43)29-14-23(8-11-34(29)41-37)22-7-10-32-28(13-22)25(18-38-32)16-36-30(19-42)27-4-2-3-5-33(27)40-36/h2-14,17-20,38-41H,15-16H2,1H3. The fourth-order valence-corrected chi connectivity index (χ4v) is 6.55. The van der Waals surface area contributed by atoms with E-state index in [1.54, 1.807) is 0 Å². The molecule has 0 amide bonds. The van der Waals surface area contributed by atoms with E-state index in [0.29, 0.717) is 24.0 Å². The van der Waals surface area contributed by atoms with Crippen LogP contribution in [0.1, 0.15) is 48.8 Å². The molecule has 4 aromatic carbocycles. The van der Waals surface area contributed by atoms with E-state index in [9.17, 15) is 9.59 Å². The molecule has 0 saturated carbocycles. The van der Waals surface area contributed by atoms with Gasteiger partial charge in [-0.15, -0.1) is 0 Å². The Hall–Kier alpha value is -5.62. The number of fused-ring (bicyclic) bond motifs is 4. The van der Waals surface area contributed by atoms with Crippen molar-refractivity contribution < 1.29 is 9.59 Å². The van der Waals surface area contributed by atoms with Crippen molar-refractivity contribution in [2.45, 2.75) is 19.8 Å². The highest BCUT2D eigenvalue weighted by Gasteiger charge is 2.16. The number of nitrogens with one attached hydrogen (secondary N) is 4. The van der Waals surface area contributed by atoms with E-state index < -0.39 is 0 Å². The number of benzene rings is 4. The number of H-pyrrole nitrogens is 4. The zero-order valence-electron chi connectivity index (χ0n) is 23.5. The van der Waals surface area contributed by atoms with Gasteiger partial charge in [-0.2, -0.15) is 0 Å². The second kappa shape index (κ2) is 9.74. The van der Waals surface area contributed by atoms with E-state index in [4.69, 9.17) is 0 Å². The Kier molecular flexibility index (Phi) is 5.69. The van der Waals surface area contributed by atoms with Crippen molar-refractivity contribution in [3.05, 3.63) is 130 Å². The van der Waals surface area contributed by atoms with Gasteiger partial charge in [-0.3, -0.25) is 9.59 Å². The number of carbonyl (C=O) groups excluding carboxylic acids is 2. The molecule has 0 saturated heterocycles. The van der Waals surface area contributed by atoms with Gasteiger partial charge < -0.3 is 19.9 Å². The highest BCUT2D eigenvalue weighted by molar-refractivity contribution is 6.02. The van der Waals surface area contributed by atoms with Crippen LogP contribution in [0.25, 0.3) is 54.7 Å². The number of rotatable bonds is 7. The van der Waals surface area contributed by atoms with Crippen molar-refractivity contribution in [1.82, 2.24) is 19.9 Å². The Morgan fingerprint density at radius 2 is 1.16 bits per heavy atom. The molecule has 43 heavy (non-hydrogen) atoms. The molecule has 0 aliphatic carbocycles. The van der Waals surface area contributed by atoms with E-state index in [1.807, 2.05) is 36.7 Å². The zero-order valence-corrected chi connectivity index (χ0v) is 23.5. The van der Waals surface area contributed by atoms with Crippen LogP contribution in [-0.4, -0.2) is 32.5 Å². The van der Waals surface area contributed by atoms with Crippen molar-refractivity contribution in [3.63, 3.8) is 0 Å². The lowest BCUT2D eigenvalue weighted by Crippen LogP contribution is -1.92. The highest BCUT2D eigenvalue weighted by Crippen LogP contribution is 2.33. The Bertz CT molecular complexity index is 2360. The second-order valence-electron chi connectivity index (χ2n) is 11.4. The van der Waals surface area contributed by atoms with Crippen LogP contribution in [0, 0.1) is 6.92 Å². The summed E-state index contributed by atoms with van der Waals surface area (Å²) in [5.74, 6) is 0. The molecular formula is C37H28N4O2. The summed E-state index contributed by atoms with van der Waals surface area (Å²) in [5, 5.41) is 4.14. The van der Waals surface area contributed by atoms with Gasteiger partial charge in [0.2, 0.25) is 0 Å². The number of hydrogen-bond donors (Lipinski definition) is 4. The second-order valence-corrected chi connectivity index (χ2v) is 11.4. The molecule has 4 N–H and O–H groups in total. The highest BCUT2D eigenvalue weighted by atomic mass is 16.1. The first-order valence-electron chi connectivity index (χ1n) is 14.4. The van der Waals surface area contributed by atoms with Crippen molar-refractivity contribution in [2.75, 3.05) is 0 Å². The van der Waals surface area contributed by atoms with Crippen molar-refractivity contribution in [1.29, 1.82) is 0 Å². The molecule has 0 unspecified atom stereocenters. The summed E-state index contributed by atoms with van der Waals surface area (Å²) in [4.78, 5) is 38.1. The van der Waals surface area contributed by atoms with Crippen LogP contribution in [0.3, 0.4) is 0 Å². The molecule has 0 fully saturated rings. The number of para-hydroxylation sites is 1. The maximum Gasteiger partial charge on any atom is 0.152 e. The van der Waals surface area contributed by atoms with Gasteiger partial charge in [0.05, 0.1) is 0 Å². The number of aromatic nitrogens is 4. The van der Waals surface area contributed by atoms with E-state index >= 15 is 0 Å². The lowest BCUT2D eigenvalue weighted by atomic mass is 9.98. The maximum absolute atomic E-state index is 12.4. The summed E-state index contributed by atoms with van der Waals surface area (Å²) < 4.78 is 0. The summed E-state index contributed by atoms with van der Waals surface area (Å²) in [7, 11) is 0. The van der Waals surface area contributed by atoms with Gasteiger partial charge in [0, 0.05) is 91.4 Å². The minimum absolute atomic E-state index is 0.606. The molecule has 0 spiro atoms. The van der Waals surface area contributed by atoms with E-state index in [2.05, 4.69) is 81.5 Å². The summed E-state index contributed by atoms with van der Waals surface area (Å²) >= 11 is 0. The van der Waals surface area contributed by atoms with Crippen molar-refractivity contribution in [3.8, 4) is 11.1 Å². The van der Waals surface area contributed by atoms with Crippen molar-refractivity contribution in [2.24, 2.45) is 0 Å². The lowest BCUT2D eigenvalue weighted by Gasteiger charge is -2.05.